The van der Waals surface area contributed by atoms with E-state index in [-0.39, 0.29) is 0 Å². The summed E-state index contributed by atoms with van der Waals surface area (Å²) in [7, 11) is 0. The fourth-order valence-electron chi connectivity index (χ4n) is 3.80. The lowest BCUT2D eigenvalue weighted by Crippen LogP contribution is -2.24. The summed E-state index contributed by atoms with van der Waals surface area (Å²) in [5.74, 6) is -0.477. The number of hydrogen-bond acceptors (Lipinski definition) is 3. The van der Waals surface area contributed by atoms with Gasteiger partial charge in [-0.3, -0.25) is 0 Å². The summed E-state index contributed by atoms with van der Waals surface area (Å²) in [5.41, 5.74) is 3.53. The Kier molecular flexibility index (Phi) is 2.37. The molecule has 1 N–H and O–H groups in total. The maximum absolute atomic E-state index is 10.6. The number of nitrogens with zero attached hydrogens (tertiary/aromatic N) is 3. The van der Waals surface area contributed by atoms with Gasteiger partial charge < -0.3 is 9.67 Å². The molecule has 1 aliphatic heterocycles. The average Bonchev–Trinajstić information content (AvgIpc) is 2.93. The quantitative estimate of drug-likeness (QED) is 0.540. The zero-order chi connectivity index (χ0) is 15.6. The minimum Gasteiger partial charge on any atom is -0.385 e. The van der Waals surface area contributed by atoms with E-state index in [9.17, 15) is 10.4 Å². The largest absolute Gasteiger partial charge is 0.385 e. The highest BCUT2D eigenvalue weighted by Gasteiger charge is 2.33. The molecule has 0 saturated heterocycles. The van der Waals surface area contributed by atoms with E-state index in [2.05, 4.69) is 33.8 Å². The van der Waals surface area contributed by atoms with E-state index in [1.54, 1.807) is 0 Å². The topological polar surface area (TPSA) is 61.8 Å². The number of benzene rings is 2. The number of rotatable bonds is 0. The zero-order valence-electron chi connectivity index (χ0n) is 12.3. The second-order valence-electron chi connectivity index (χ2n) is 6.05. The number of hydrogen-bond donors (Lipinski definition) is 1. The van der Waals surface area contributed by atoms with Crippen molar-refractivity contribution in [1.29, 1.82) is 5.26 Å². The van der Waals surface area contributed by atoms with Gasteiger partial charge in [0.1, 0.15) is 6.10 Å². The van der Waals surface area contributed by atoms with Gasteiger partial charge in [-0.15, -0.1) is 0 Å². The standard InChI is InChI=1S/C19H13N3O/c20-9-11-10-22-15-8-4-2-6-13(15)16-12-5-1-3-7-14(12)21-17(18(16)22)19(11)23/h1-8,11,19,23H,10H2. The second-order valence-corrected chi connectivity index (χ2v) is 6.05. The van der Waals surface area contributed by atoms with Crippen LogP contribution in [-0.2, 0) is 6.54 Å². The highest BCUT2D eigenvalue weighted by Crippen LogP contribution is 2.42. The Bertz CT molecular complexity index is 1140. The maximum atomic E-state index is 10.6. The Hall–Kier alpha value is -2.90. The van der Waals surface area contributed by atoms with Crippen LogP contribution in [0.15, 0.2) is 48.5 Å². The first-order valence-electron chi connectivity index (χ1n) is 7.67. The fraction of sp³-hybridized carbons (Fsp3) is 0.158. The number of fused-ring (bicyclic) bond motifs is 5. The minimum absolute atomic E-state index is 0.477. The van der Waals surface area contributed by atoms with Crippen molar-refractivity contribution in [2.24, 2.45) is 5.92 Å². The zero-order valence-corrected chi connectivity index (χ0v) is 12.3. The summed E-state index contributed by atoms with van der Waals surface area (Å²) >= 11 is 0. The molecule has 0 saturated carbocycles. The molecule has 4 aromatic rings. The van der Waals surface area contributed by atoms with Crippen LogP contribution in [-0.4, -0.2) is 14.7 Å². The van der Waals surface area contributed by atoms with Gasteiger partial charge in [-0.25, -0.2) is 4.98 Å². The number of nitriles is 1. The Labute approximate surface area is 132 Å². The van der Waals surface area contributed by atoms with Gasteiger partial charge in [0.2, 0.25) is 0 Å². The molecular weight excluding hydrogens is 286 g/mol. The summed E-state index contributed by atoms with van der Waals surface area (Å²) in [6.45, 7) is 0.495. The Morgan fingerprint density at radius 2 is 1.83 bits per heavy atom. The SMILES string of the molecule is N#CC1Cn2c3ccccc3c3c4ccccc4nc(c32)C1O. The number of aliphatic hydroxyl groups excluding tert-OH is 1. The molecule has 0 spiro atoms. The first-order chi connectivity index (χ1) is 11.3. The maximum Gasteiger partial charge on any atom is 0.116 e. The van der Waals surface area contributed by atoms with Crippen molar-refractivity contribution in [3.8, 4) is 6.07 Å². The van der Waals surface area contributed by atoms with Crippen LogP contribution in [0.2, 0.25) is 0 Å². The van der Waals surface area contributed by atoms with Crippen molar-refractivity contribution in [3.63, 3.8) is 0 Å². The van der Waals surface area contributed by atoms with E-state index < -0.39 is 12.0 Å². The summed E-state index contributed by atoms with van der Waals surface area (Å²) in [4.78, 5) is 4.69. The number of pyridine rings is 1. The first kappa shape index (κ1) is 12.6. The second kappa shape index (κ2) is 4.31. The van der Waals surface area contributed by atoms with E-state index in [1.165, 1.54) is 0 Å². The lowest BCUT2D eigenvalue weighted by Gasteiger charge is -2.25. The third-order valence-electron chi connectivity index (χ3n) is 4.83. The molecule has 0 fully saturated rings. The van der Waals surface area contributed by atoms with Crippen molar-refractivity contribution in [2.45, 2.75) is 12.6 Å². The van der Waals surface area contributed by atoms with Crippen molar-refractivity contribution < 1.29 is 5.11 Å². The van der Waals surface area contributed by atoms with Crippen LogP contribution >= 0.6 is 0 Å². The molecule has 23 heavy (non-hydrogen) atoms. The Morgan fingerprint density at radius 1 is 1.09 bits per heavy atom. The molecule has 0 amide bonds. The van der Waals surface area contributed by atoms with Gasteiger partial charge in [-0.1, -0.05) is 36.4 Å². The molecule has 0 bridgehead atoms. The van der Waals surface area contributed by atoms with Gasteiger partial charge >= 0.3 is 0 Å². The number of para-hydroxylation sites is 2. The van der Waals surface area contributed by atoms with Gasteiger partial charge in [-0.2, -0.15) is 5.26 Å². The molecule has 1 aliphatic rings. The molecule has 2 aromatic carbocycles. The molecule has 4 heteroatoms. The van der Waals surface area contributed by atoms with Gasteiger partial charge in [0.25, 0.3) is 0 Å². The van der Waals surface area contributed by atoms with Crippen molar-refractivity contribution >= 4 is 32.7 Å². The van der Waals surface area contributed by atoms with Crippen LogP contribution in [0.25, 0.3) is 32.7 Å². The average molecular weight is 299 g/mol. The molecule has 0 radical (unpaired) electrons. The van der Waals surface area contributed by atoms with Crippen LogP contribution in [0.5, 0.6) is 0 Å². The monoisotopic (exact) mass is 299 g/mol. The molecule has 2 atom stereocenters. The molecule has 5 rings (SSSR count). The highest BCUT2D eigenvalue weighted by molar-refractivity contribution is 6.20. The third kappa shape index (κ3) is 1.50. The Morgan fingerprint density at radius 3 is 2.65 bits per heavy atom. The summed E-state index contributed by atoms with van der Waals surface area (Å²) in [6.07, 6.45) is -0.844. The fourth-order valence-corrected chi connectivity index (χ4v) is 3.80. The van der Waals surface area contributed by atoms with Crippen LogP contribution in [0, 0.1) is 17.2 Å². The van der Waals surface area contributed by atoms with Crippen molar-refractivity contribution in [2.75, 3.05) is 0 Å². The van der Waals surface area contributed by atoms with E-state index in [0.717, 1.165) is 32.7 Å². The minimum atomic E-state index is -0.844. The van der Waals surface area contributed by atoms with E-state index >= 15 is 0 Å². The van der Waals surface area contributed by atoms with Crippen LogP contribution < -0.4 is 0 Å². The summed E-state index contributed by atoms with van der Waals surface area (Å²) < 4.78 is 2.14. The molecule has 2 aromatic heterocycles. The molecule has 2 unspecified atom stereocenters. The molecule has 0 aliphatic carbocycles. The molecule has 3 heterocycles. The van der Waals surface area contributed by atoms with E-state index in [4.69, 9.17) is 0 Å². The number of aliphatic hydroxyl groups is 1. The number of aromatic nitrogens is 2. The van der Waals surface area contributed by atoms with Gasteiger partial charge in [0.05, 0.1) is 28.7 Å². The van der Waals surface area contributed by atoms with Gasteiger partial charge in [-0.05, 0) is 12.1 Å². The van der Waals surface area contributed by atoms with Gasteiger partial charge in [0, 0.05) is 28.2 Å². The molecular formula is C19H13N3O. The first-order valence-corrected chi connectivity index (χ1v) is 7.67. The van der Waals surface area contributed by atoms with E-state index in [0.29, 0.717) is 12.2 Å². The van der Waals surface area contributed by atoms with E-state index in [1.807, 2.05) is 30.3 Å². The molecule has 110 valence electrons. The van der Waals surface area contributed by atoms with Crippen LogP contribution in [0.3, 0.4) is 0 Å². The summed E-state index contributed by atoms with van der Waals surface area (Å²) in [5, 5.41) is 23.4. The van der Waals surface area contributed by atoms with Crippen LogP contribution in [0.1, 0.15) is 11.8 Å². The highest BCUT2D eigenvalue weighted by atomic mass is 16.3. The molecule has 4 nitrogen and oxygen atoms in total. The lowest BCUT2D eigenvalue weighted by molar-refractivity contribution is 0.118. The third-order valence-corrected chi connectivity index (χ3v) is 4.83. The van der Waals surface area contributed by atoms with Crippen molar-refractivity contribution in [1.82, 2.24) is 9.55 Å². The van der Waals surface area contributed by atoms with Crippen LogP contribution in [0.4, 0.5) is 0 Å². The van der Waals surface area contributed by atoms with Gasteiger partial charge in [0.15, 0.2) is 0 Å². The Balaban J connectivity index is 2.10. The normalized spacial score (nSPS) is 20.2. The lowest BCUT2D eigenvalue weighted by atomic mass is 9.95. The predicted octanol–water partition coefficient (Wildman–Crippen LogP) is 3.53. The van der Waals surface area contributed by atoms with Crippen molar-refractivity contribution in [3.05, 3.63) is 54.2 Å². The smallest absolute Gasteiger partial charge is 0.116 e. The summed E-state index contributed by atoms with van der Waals surface area (Å²) in [6, 6.07) is 18.4. The predicted molar refractivity (Wildman–Crippen MR) is 88.8 cm³/mol.